The molecular weight excluding hydrogens is 561 g/mol. The Balaban J connectivity index is 0.000000502. The molecule has 5 heterocycles. The van der Waals surface area contributed by atoms with E-state index in [9.17, 15) is 26.7 Å². The maximum absolute atomic E-state index is 13.9. The second-order valence-corrected chi connectivity index (χ2v) is 9.75. The number of fused-ring (bicyclic) bond motifs is 1. The lowest BCUT2D eigenvalue weighted by atomic mass is 9.75. The van der Waals surface area contributed by atoms with Crippen LogP contribution in [0.25, 0.3) is 5.78 Å². The first kappa shape index (κ1) is 30.0. The Morgan fingerprint density at radius 1 is 1.17 bits per heavy atom. The van der Waals surface area contributed by atoms with Crippen LogP contribution in [0.4, 0.5) is 26.7 Å². The van der Waals surface area contributed by atoms with Crippen molar-refractivity contribution in [2.24, 2.45) is 11.7 Å². The molecule has 3 aliphatic rings. The molecule has 1 atom stereocenters. The number of aromatic nitrogens is 6. The first-order chi connectivity index (χ1) is 19.5. The van der Waals surface area contributed by atoms with Gasteiger partial charge in [-0.3, -0.25) is 4.79 Å². The number of nitrogens with two attached hydrogens (primary N) is 1. The predicted molar refractivity (Wildman–Crippen MR) is 129 cm³/mol. The Morgan fingerprint density at radius 2 is 1.83 bits per heavy atom. The number of imidazole rings is 1. The smallest absolute Gasteiger partial charge is 0.376 e. The zero-order chi connectivity index (χ0) is 29.8. The van der Waals surface area contributed by atoms with Gasteiger partial charge in [0.15, 0.2) is 0 Å². The van der Waals surface area contributed by atoms with Crippen LogP contribution in [0.1, 0.15) is 54.4 Å². The zero-order valence-corrected chi connectivity index (χ0v) is 21.9. The first-order valence-electron chi connectivity index (χ1n) is 12.6. The van der Waals surface area contributed by atoms with E-state index in [1.165, 1.54) is 0 Å². The molecule has 3 N–H and O–H groups in total. The maximum Gasteiger partial charge on any atom is 0.379 e. The summed E-state index contributed by atoms with van der Waals surface area (Å²) >= 11 is 0. The number of carbonyl (C=O) groups excluding carboxylic acids is 2. The Kier molecular flexibility index (Phi) is 8.98. The number of hydrogen-bond acceptors (Lipinski definition) is 9. The number of amides is 3. The summed E-state index contributed by atoms with van der Waals surface area (Å²) in [6.07, 6.45) is 3.97. The zero-order valence-electron chi connectivity index (χ0n) is 21.9. The lowest BCUT2D eigenvalue weighted by Gasteiger charge is -2.46. The summed E-state index contributed by atoms with van der Waals surface area (Å²) in [6, 6.07) is -0.155. The average molecular weight is 590 g/mol. The molecule has 3 aromatic heterocycles. The van der Waals surface area contributed by atoms with E-state index < -0.39 is 18.1 Å². The van der Waals surface area contributed by atoms with Gasteiger partial charge in [-0.25, -0.2) is 32.7 Å². The van der Waals surface area contributed by atoms with E-state index in [2.05, 4.69) is 26.5 Å². The van der Waals surface area contributed by atoms with Crippen molar-refractivity contribution in [1.29, 1.82) is 0 Å². The van der Waals surface area contributed by atoms with Gasteiger partial charge in [0.2, 0.25) is 12.3 Å². The molecule has 1 aliphatic carbocycles. The second kappa shape index (κ2) is 12.3. The van der Waals surface area contributed by atoms with Crippen LogP contribution in [-0.2, 0) is 15.1 Å². The highest BCUT2D eigenvalue weighted by Crippen LogP contribution is 2.45. The molecule has 0 spiro atoms. The van der Waals surface area contributed by atoms with Crippen molar-refractivity contribution in [3.05, 3.63) is 35.2 Å². The first-order valence-corrected chi connectivity index (χ1v) is 12.6. The molecule has 224 valence electrons. The number of alkyl halides is 5. The van der Waals surface area contributed by atoms with E-state index in [1.54, 1.807) is 28.7 Å². The standard InChI is InChI=1S/C21H24F2N8O3.CHF3.CH3NO/c1-12-17(29-34-28-12)16(13-2-4-21(22,23)5-3-13)14-9-31-18(26-14)27-15(8-25-31)20(10-33-11-20)30-7-6-24-19(30)32;2-1(3)4;2-1-3/h8-9,13,16H,2-7,10-11H2,1H3,(H,24,32);1H;1H,(H2,2,3). The van der Waals surface area contributed by atoms with Gasteiger partial charge >= 0.3 is 12.7 Å². The molecule has 2 saturated heterocycles. The fraction of sp³-hybridized carbons (Fsp3) is 0.609. The van der Waals surface area contributed by atoms with Crippen molar-refractivity contribution >= 4 is 18.2 Å². The summed E-state index contributed by atoms with van der Waals surface area (Å²) in [5.41, 5.74) is 5.92. The second-order valence-electron chi connectivity index (χ2n) is 9.75. The minimum atomic E-state index is -3.67. The SMILES string of the molecule is Cc1nonc1C(c1cn2ncc(C3(N4CCNC4=O)COC3)nc2n1)C1CCC(F)(F)CC1.FC(F)F.NC=O. The van der Waals surface area contributed by atoms with E-state index in [4.69, 9.17) is 24.1 Å². The lowest BCUT2D eigenvalue weighted by molar-refractivity contribution is -0.126. The fourth-order valence-electron chi connectivity index (χ4n) is 5.31. The Hall–Kier alpha value is -3.96. The number of urea groups is 1. The van der Waals surface area contributed by atoms with Crippen LogP contribution in [0.3, 0.4) is 0 Å². The van der Waals surface area contributed by atoms with Crippen LogP contribution < -0.4 is 11.1 Å². The van der Waals surface area contributed by atoms with E-state index in [0.717, 1.165) is 0 Å². The summed E-state index contributed by atoms with van der Waals surface area (Å²) in [7, 11) is 0. The summed E-state index contributed by atoms with van der Waals surface area (Å²) in [6.45, 7) is -0.0935. The minimum Gasteiger partial charge on any atom is -0.376 e. The number of primary amides is 1. The molecule has 41 heavy (non-hydrogen) atoms. The van der Waals surface area contributed by atoms with Crippen LogP contribution in [0, 0.1) is 12.8 Å². The molecule has 3 fully saturated rings. The number of halogens is 5. The van der Waals surface area contributed by atoms with Crippen molar-refractivity contribution < 1.29 is 40.9 Å². The van der Waals surface area contributed by atoms with Gasteiger partial charge in [-0.2, -0.15) is 18.3 Å². The number of carbonyl (C=O) groups is 2. The highest BCUT2D eigenvalue weighted by molar-refractivity contribution is 5.77. The van der Waals surface area contributed by atoms with Gasteiger partial charge in [0.25, 0.3) is 5.78 Å². The number of nitrogens with one attached hydrogen (secondary N) is 1. The molecule has 3 aromatic rings. The van der Waals surface area contributed by atoms with Crippen LogP contribution >= 0.6 is 0 Å². The Morgan fingerprint density at radius 3 is 2.34 bits per heavy atom. The van der Waals surface area contributed by atoms with Gasteiger partial charge < -0.3 is 20.7 Å². The van der Waals surface area contributed by atoms with Crippen molar-refractivity contribution in [2.45, 2.75) is 56.7 Å². The van der Waals surface area contributed by atoms with Crippen LogP contribution in [0.2, 0.25) is 0 Å². The summed E-state index contributed by atoms with van der Waals surface area (Å²) in [5, 5.41) is 15.3. The molecule has 0 radical (unpaired) electrons. The fourth-order valence-corrected chi connectivity index (χ4v) is 5.31. The third-order valence-corrected chi connectivity index (χ3v) is 7.28. The van der Waals surface area contributed by atoms with E-state index in [-0.39, 0.29) is 37.1 Å². The number of rotatable bonds is 5. The molecule has 2 aliphatic heterocycles. The van der Waals surface area contributed by atoms with Gasteiger partial charge in [-0.05, 0) is 25.7 Å². The van der Waals surface area contributed by atoms with Crippen LogP contribution in [0.5, 0.6) is 0 Å². The van der Waals surface area contributed by atoms with Crippen molar-refractivity contribution in [3.63, 3.8) is 0 Å². The number of nitrogens with zero attached hydrogens (tertiary/aromatic N) is 7. The highest BCUT2D eigenvalue weighted by atomic mass is 19.4. The molecule has 1 saturated carbocycles. The maximum atomic E-state index is 13.9. The molecule has 6 rings (SSSR count). The van der Waals surface area contributed by atoms with Gasteiger partial charge in [0, 0.05) is 25.9 Å². The number of ether oxygens (including phenoxy) is 1. The average Bonchev–Trinajstić information content (AvgIpc) is 3.61. The minimum absolute atomic E-state index is 0.0886. The molecule has 0 bridgehead atoms. The molecule has 18 heteroatoms. The van der Waals surface area contributed by atoms with Gasteiger partial charge in [0.1, 0.15) is 16.9 Å². The summed E-state index contributed by atoms with van der Waals surface area (Å²) in [5.74, 6) is -2.73. The van der Waals surface area contributed by atoms with E-state index in [1.807, 2.05) is 0 Å². The third-order valence-electron chi connectivity index (χ3n) is 7.28. The van der Waals surface area contributed by atoms with Crippen molar-refractivity contribution in [2.75, 3.05) is 26.3 Å². The van der Waals surface area contributed by atoms with Crippen LogP contribution in [0.15, 0.2) is 17.0 Å². The summed E-state index contributed by atoms with van der Waals surface area (Å²) in [4.78, 5) is 32.1. The molecule has 13 nitrogen and oxygen atoms in total. The van der Waals surface area contributed by atoms with Gasteiger partial charge in [-0.15, -0.1) is 0 Å². The highest BCUT2D eigenvalue weighted by Gasteiger charge is 2.51. The van der Waals surface area contributed by atoms with Crippen LogP contribution in [-0.4, -0.2) is 86.1 Å². The molecule has 1 unspecified atom stereocenters. The quantitative estimate of drug-likeness (QED) is 0.335. The summed E-state index contributed by atoms with van der Waals surface area (Å²) < 4.78 is 68.7. The Labute approximate surface area is 229 Å². The Bertz CT molecular complexity index is 1340. The largest absolute Gasteiger partial charge is 0.379 e. The number of aryl methyl sites for hydroxylation is 1. The van der Waals surface area contributed by atoms with E-state index in [0.29, 0.717) is 67.7 Å². The molecular formula is C23H28F5N9O4. The lowest BCUT2D eigenvalue weighted by Crippen LogP contribution is -2.60. The monoisotopic (exact) mass is 589 g/mol. The topological polar surface area (TPSA) is 167 Å². The predicted octanol–water partition coefficient (Wildman–Crippen LogP) is 2.30. The van der Waals surface area contributed by atoms with Crippen molar-refractivity contribution in [1.82, 2.24) is 40.1 Å². The number of hydrogen-bond donors (Lipinski definition) is 2. The van der Waals surface area contributed by atoms with E-state index >= 15 is 0 Å². The van der Waals surface area contributed by atoms with Crippen molar-refractivity contribution in [3.8, 4) is 0 Å². The molecule has 3 amide bonds. The normalized spacial score (nSPS) is 20.4. The van der Waals surface area contributed by atoms with Gasteiger partial charge in [0.05, 0.1) is 42.9 Å². The van der Waals surface area contributed by atoms with Gasteiger partial charge in [-0.1, -0.05) is 10.3 Å². The molecule has 0 aromatic carbocycles. The third kappa shape index (κ3) is 6.36.